The van der Waals surface area contributed by atoms with Gasteiger partial charge in [0.2, 0.25) is 10.0 Å². The number of ether oxygens (including phenoxy) is 1. The molecule has 166 valence electrons. The van der Waals surface area contributed by atoms with Crippen molar-refractivity contribution in [2.75, 3.05) is 19.6 Å². The number of carbonyl (C=O) groups excluding carboxylic acids is 1. The summed E-state index contributed by atoms with van der Waals surface area (Å²) in [6.45, 7) is 1.87. The van der Waals surface area contributed by atoms with Gasteiger partial charge in [0.05, 0.1) is 17.1 Å². The van der Waals surface area contributed by atoms with Gasteiger partial charge in [-0.05, 0) is 43.7 Å². The summed E-state index contributed by atoms with van der Waals surface area (Å²) in [4.78, 5) is 12.9. The van der Waals surface area contributed by atoms with E-state index in [-0.39, 0.29) is 5.91 Å². The van der Waals surface area contributed by atoms with E-state index in [4.69, 9.17) is 4.74 Å². The molecule has 0 radical (unpaired) electrons. The molecule has 31 heavy (non-hydrogen) atoms. The number of carbonyl (C=O) groups is 1. The fourth-order valence-corrected chi connectivity index (χ4v) is 6.04. The third-order valence-corrected chi connectivity index (χ3v) is 8.68. The molecule has 0 bridgehead atoms. The highest BCUT2D eigenvalue weighted by Gasteiger charge is 2.44. The van der Waals surface area contributed by atoms with E-state index in [9.17, 15) is 13.2 Å². The van der Waals surface area contributed by atoms with Crippen LogP contribution >= 0.6 is 0 Å². The Kier molecular flexibility index (Phi) is 5.15. The fraction of sp³-hybridized carbons (Fsp3) is 0.545. The molecule has 1 aromatic heterocycles. The smallest absolute Gasteiger partial charge is 0.272 e. The van der Waals surface area contributed by atoms with Gasteiger partial charge in [-0.2, -0.15) is 9.40 Å². The molecular formula is C22H28N4O4S. The molecule has 3 aliphatic rings. The van der Waals surface area contributed by atoms with Crippen LogP contribution in [0.2, 0.25) is 0 Å². The largest absolute Gasteiger partial charge is 0.370 e. The van der Waals surface area contributed by atoms with E-state index in [0.717, 1.165) is 11.3 Å². The van der Waals surface area contributed by atoms with Crippen LogP contribution in [0.15, 0.2) is 35.2 Å². The van der Waals surface area contributed by atoms with Crippen LogP contribution in [0.4, 0.5) is 0 Å². The highest BCUT2D eigenvalue weighted by atomic mass is 32.2. The Labute approximate surface area is 182 Å². The number of rotatable bonds is 5. The average Bonchev–Trinajstić information content (AvgIpc) is 3.56. The quantitative estimate of drug-likeness (QED) is 0.760. The van der Waals surface area contributed by atoms with Crippen molar-refractivity contribution in [2.24, 2.45) is 13.0 Å². The first-order valence-electron chi connectivity index (χ1n) is 10.9. The first-order valence-corrected chi connectivity index (χ1v) is 12.3. The summed E-state index contributed by atoms with van der Waals surface area (Å²) in [6.07, 6.45) is 4.24. The lowest BCUT2D eigenvalue weighted by atomic mass is 9.84. The molecule has 2 aromatic rings. The number of fused-ring (bicyclic) bond motifs is 1. The van der Waals surface area contributed by atoms with Crippen molar-refractivity contribution in [1.29, 1.82) is 0 Å². The third kappa shape index (κ3) is 3.90. The van der Waals surface area contributed by atoms with Crippen molar-refractivity contribution >= 4 is 15.9 Å². The SMILES string of the molecule is Cn1nc(C(=O)NCC2CC2)c2c1CC1(CCN(S(=O)(=O)c3ccccc3)CC1)OC2. The molecule has 2 aliphatic heterocycles. The van der Waals surface area contributed by atoms with Gasteiger partial charge in [-0.1, -0.05) is 18.2 Å². The highest BCUT2D eigenvalue weighted by molar-refractivity contribution is 7.89. The summed E-state index contributed by atoms with van der Waals surface area (Å²) in [5, 5.41) is 7.47. The van der Waals surface area contributed by atoms with Crippen LogP contribution in [0.5, 0.6) is 0 Å². The maximum absolute atomic E-state index is 12.9. The zero-order valence-corrected chi connectivity index (χ0v) is 18.5. The van der Waals surface area contributed by atoms with Gasteiger partial charge in [-0.25, -0.2) is 8.42 Å². The topological polar surface area (TPSA) is 93.5 Å². The van der Waals surface area contributed by atoms with E-state index in [1.165, 1.54) is 12.8 Å². The lowest BCUT2D eigenvalue weighted by molar-refractivity contribution is -0.0951. The number of hydrogen-bond donors (Lipinski definition) is 1. The zero-order chi connectivity index (χ0) is 21.6. The van der Waals surface area contributed by atoms with E-state index in [1.54, 1.807) is 33.3 Å². The molecular weight excluding hydrogens is 416 g/mol. The molecule has 5 rings (SSSR count). The maximum Gasteiger partial charge on any atom is 0.272 e. The van der Waals surface area contributed by atoms with E-state index < -0.39 is 15.6 Å². The van der Waals surface area contributed by atoms with Gasteiger partial charge in [0.25, 0.3) is 5.91 Å². The Morgan fingerprint density at radius 2 is 1.94 bits per heavy atom. The molecule has 0 atom stereocenters. The number of nitrogens with one attached hydrogen (secondary N) is 1. The van der Waals surface area contributed by atoms with Crippen LogP contribution in [0.1, 0.15) is 47.4 Å². The Morgan fingerprint density at radius 1 is 1.23 bits per heavy atom. The summed E-state index contributed by atoms with van der Waals surface area (Å²) >= 11 is 0. The van der Waals surface area contributed by atoms with Gasteiger partial charge in [0.1, 0.15) is 0 Å². The van der Waals surface area contributed by atoms with Crippen LogP contribution in [-0.2, 0) is 34.8 Å². The van der Waals surface area contributed by atoms with E-state index >= 15 is 0 Å². The highest BCUT2D eigenvalue weighted by Crippen LogP contribution is 2.38. The van der Waals surface area contributed by atoms with Crippen molar-refractivity contribution in [3.8, 4) is 0 Å². The average molecular weight is 445 g/mol. The summed E-state index contributed by atoms with van der Waals surface area (Å²) in [6, 6.07) is 8.56. The number of aryl methyl sites for hydroxylation is 1. The molecule has 0 unspecified atom stereocenters. The molecule has 1 spiro atoms. The minimum absolute atomic E-state index is 0.132. The minimum Gasteiger partial charge on any atom is -0.370 e. The Bertz CT molecular complexity index is 1080. The van der Waals surface area contributed by atoms with Crippen LogP contribution in [-0.4, -0.2) is 53.6 Å². The monoisotopic (exact) mass is 444 g/mol. The van der Waals surface area contributed by atoms with Crippen molar-refractivity contribution < 1.29 is 17.9 Å². The molecule has 1 aliphatic carbocycles. The predicted molar refractivity (Wildman–Crippen MR) is 114 cm³/mol. The van der Waals surface area contributed by atoms with Crippen molar-refractivity contribution in [3.05, 3.63) is 47.3 Å². The van der Waals surface area contributed by atoms with Crippen LogP contribution in [0, 0.1) is 5.92 Å². The number of benzene rings is 1. The Balaban J connectivity index is 1.28. The first kappa shape index (κ1) is 20.7. The molecule has 1 N–H and O–H groups in total. The van der Waals surface area contributed by atoms with Crippen molar-refractivity contribution in [1.82, 2.24) is 19.4 Å². The molecule has 1 saturated carbocycles. The number of hydrogen-bond acceptors (Lipinski definition) is 5. The molecule has 1 saturated heterocycles. The lowest BCUT2D eigenvalue weighted by Crippen LogP contribution is -2.50. The number of nitrogens with zero attached hydrogens (tertiary/aromatic N) is 3. The third-order valence-electron chi connectivity index (χ3n) is 6.77. The number of sulfonamides is 1. The fourth-order valence-electron chi connectivity index (χ4n) is 4.58. The van der Waals surface area contributed by atoms with Gasteiger partial charge in [0, 0.05) is 44.4 Å². The number of aromatic nitrogens is 2. The Morgan fingerprint density at radius 3 is 2.61 bits per heavy atom. The second-order valence-electron chi connectivity index (χ2n) is 8.92. The lowest BCUT2D eigenvalue weighted by Gasteiger charge is -2.43. The number of amides is 1. The summed E-state index contributed by atoms with van der Waals surface area (Å²) in [5.74, 6) is 0.479. The molecule has 1 amide bonds. The molecule has 2 fully saturated rings. The van der Waals surface area contributed by atoms with Gasteiger partial charge in [0.15, 0.2) is 5.69 Å². The first-order chi connectivity index (χ1) is 14.9. The summed E-state index contributed by atoms with van der Waals surface area (Å²) in [7, 11) is -1.63. The summed E-state index contributed by atoms with van der Waals surface area (Å²) < 4.78 is 35.5. The van der Waals surface area contributed by atoms with Gasteiger partial charge in [-0.3, -0.25) is 9.48 Å². The normalized spacial score (nSPS) is 21.1. The second kappa shape index (κ2) is 7.72. The predicted octanol–water partition coefficient (Wildman–Crippen LogP) is 1.86. The van der Waals surface area contributed by atoms with Crippen LogP contribution in [0.25, 0.3) is 0 Å². The van der Waals surface area contributed by atoms with Crippen LogP contribution < -0.4 is 5.32 Å². The molecule has 9 heteroatoms. The van der Waals surface area contributed by atoms with E-state index in [2.05, 4.69) is 10.4 Å². The van der Waals surface area contributed by atoms with Gasteiger partial charge < -0.3 is 10.1 Å². The van der Waals surface area contributed by atoms with E-state index in [1.807, 2.05) is 13.1 Å². The Hall–Kier alpha value is -2.23. The van der Waals surface area contributed by atoms with E-state index in [0.29, 0.717) is 62.0 Å². The second-order valence-corrected chi connectivity index (χ2v) is 10.9. The number of piperidine rings is 1. The van der Waals surface area contributed by atoms with Crippen molar-refractivity contribution in [2.45, 2.75) is 49.2 Å². The maximum atomic E-state index is 12.9. The minimum atomic E-state index is -3.49. The summed E-state index contributed by atoms with van der Waals surface area (Å²) in [5.41, 5.74) is 1.92. The van der Waals surface area contributed by atoms with Gasteiger partial charge >= 0.3 is 0 Å². The standard InChI is InChI=1S/C22H28N4O4S/c1-25-19-13-22(30-15-18(19)20(24-25)21(27)23-14-16-7-8-16)9-11-26(12-10-22)31(28,29)17-5-3-2-4-6-17/h2-6,16H,7-15H2,1H3,(H,23,27). The molecule has 1 aromatic carbocycles. The molecule has 8 nitrogen and oxygen atoms in total. The van der Waals surface area contributed by atoms with Crippen LogP contribution in [0.3, 0.4) is 0 Å². The van der Waals surface area contributed by atoms with Crippen molar-refractivity contribution in [3.63, 3.8) is 0 Å². The molecule has 3 heterocycles. The van der Waals surface area contributed by atoms with Gasteiger partial charge in [-0.15, -0.1) is 0 Å². The zero-order valence-electron chi connectivity index (χ0n) is 17.7.